The van der Waals surface area contributed by atoms with Crippen molar-refractivity contribution in [1.82, 2.24) is 20.1 Å². The zero-order valence-corrected chi connectivity index (χ0v) is 18.9. The summed E-state index contributed by atoms with van der Waals surface area (Å²) in [5.41, 5.74) is 3.47. The normalized spacial score (nSPS) is 12.2. The second kappa shape index (κ2) is 10.4. The smallest absolute Gasteiger partial charge is 0.230 e. The first-order chi connectivity index (χ1) is 14.5. The van der Waals surface area contributed by atoms with Crippen LogP contribution in [0.3, 0.4) is 0 Å². The number of carbonyl (C=O) groups excluding carboxylic acids is 1. The Morgan fingerprint density at radius 3 is 2.33 bits per heavy atom. The van der Waals surface area contributed by atoms with E-state index >= 15 is 0 Å². The van der Waals surface area contributed by atoms with Crippen molar-refractivity contribution in [2.75, 3.05) is 5.75 Å². The molecule has 1 amide bonds. The summed E-state index contributed by atoms with van der Waals surface area (Å²) in [6, 6.07) is 18.5. The lowest BCUT2D eigenvalue weighted by atomic mass is 9.95. The van der Waals surface area contributed by atoms with E-state index in [9.17, 15) is 4.79 Å². The zero-order valence-electron chi connectivity index (χ0n) is 18.1. The SMILES string of the molecule is CCc1ccc([C@H](NC(=O)CSc2nnc(-c3ccccc3)n2CC)C(C)C)cc1. The molecule has 0 saturated heterocycles. The number of carbonyl (C=O) groups is 1. The van der Waals surface area contributed by atoms with Crippen molar-refractivity contribution in [2.24, 2.45) is 5.92 Å². The van der Waals surface area contributed by atoms with Crippen LogP contribution < -0.4 is 5.32 Å². The first-order valence-electron chi connectivity index (χ1n) is 10.5. The standard InChI is InChI=1S/C24H30N4OS/c1-5-18-12-14-19(15-13-18)22(17(3)4)25-21(29)16-30-24-27-26-23(28(24)6-2)20-10-8-7-9-11-20/h7-15,17,22H,5-6,16H2,1-4H3,(H,25,29)/t22-/m1/s1. The van der Waals surface area contributed by atoms with Crippen LogP contribution in [0.5, 0.6) is 0 Å². The molecule has 0 spiro atoms. The van der Waals surface area contributed by atoms with E-state index in [2.05, 4.69) is 72.0 Å². The van der Waals surface area contributed by atoms with E-state index in [4.69, 9.17) is 0 Å². The van der Waals surface area contributed by atoms with E-state index in [0.29, 0.717) is 11.7 Å². The van der Waals surface area contributed by atoms with Gasteiger partial charge in [0, 0.05) is 12.1 Å². The van der Waals surface area contributed by atoms with Gasteiger partial charge in [0.15, 0.2) is 11.0 Å². The maximum Gasteiger partial charge on any atom is 0.230 e. The minimum atomic E-state index is -0.00655. The number of aromatic nitrogens is 3. The number of hydrogen-bond donors (Lipinski definition) is 1. The molecule has 0 bridgehead atoms. The van der Waals surface area contributed by atoms with Crippen LogP contribution >= 0.6 is 11.8 Å². The van der Waals surface area contributed by atoms with Crippen LogP contribution in [0.15, 0.2) is 59.8 Å². The van der Waals surface area contributed by atoms with Crippen molar-refractivity contribution in [3.63, 3.8) is 0 Å². The maximum atomic E-state index is 12.7. The molecular weight excluding hydrogens is 392 g/mol. The molecule has 0 saturated carbocycles. The van der Waals surface area contributed by atoms with Crippen molar-refractivity contribution in [2.45, 2.75) is 51.9 Å². The summed E-state index contributed by atoms with van der Waals surface area (Å²) in [4.78, 5) is 12.7. The molecule has 0 fully saturated rings. The average Bonchev–Trinajstić information content (AvgIpc) is 3.19. The summed E-state index contributed by atoms with van der Waals surface area (Å²) < 4.78 is 2.05. The minimum absolute atomic E-state index is 0.00480. The third kappa shape index (κ3) is 5.30. The van der Waals surface area contributed by atoms with Gasteiger partial charge in [0.2, 0.25) is 5.91 Å². The molecule has 6 heteroatoms. The molecule has 1 aromatic heterocycles. The summed E-state index contributed by atoms with van der Waals surface area (Å²) in [6.45, 7) is 9.22. The van der Waals surface area contributed by atoms with E-state index < -0.39 is 0 Å². The predicted octanol–water partition coefficient (Wildman–Crippen LogP) is 5.13. The number of nitrogens with one attached hydrogen (secondary N) is 1. The molecule has 1 atom stereocenters. The highest BCUT2D eigenvalue weighted by Gasteiger charge is 2.20. The lowest BCUT2D eigenvalue weighted by Crippen LogP contribution is -2.33. The highest BCUT2D eigenvalue weighted by atomic mass is 32.2. The lowest BCUT2D eigenvalue weighted by Gasteiger charge is -2.23. The highest BCUT2D eigenvalue weighted by Crippen LogP contribution is 2.25. The Morgan fingerprint density at radius 1 is 1.03 bits per heavy atom. The number of rotatable bonds is 9. The van der Waals surface area contributed by atoms with Crippen molar-refractivity contribution in [3.05, 3.63) is 65.7 Å². The predicted molar refractivity (Wildman–Crippen MR) is 123 cm³/mol. The van der Waals surface area contributed by atoms with Gasteiger partial charge in [-0.25, -0.2) is 0 Å². The number of nitrogens with zero attached hydrogens (tertiary/aromatic N) is 3. The van der Waals surface area contributed by atoms with E-state index in [1.165, 1.54) is 17.3 Å². The summed E-state index contributed by atoms with van der Waals surface area (Å²) in [5, 5.41) is 12.6. The largest absolute Gasteiger partial charge is 0.348 e. The third-order valence-electron chi connectivity index (χ3n) is 5.13. The molecule has 30 heavy (non-hydrogen) atoms. The first-order valence-corrected chi connectivity index (χ1v) is 11.5. The van der Waals surface area contributed by atoms with Gasteiger partial charge in [0.1, 0.15) is 0 Å². The van der Waals surface area contributed by atoms with Gasteiger partial charge in [-0.1, -0.05) is 87.1 Å². The van der Waals surface area contributed by atoms with Crippen LogP contribution in [0.2, 0.25) is 0 Å². The van der Waals surface area contributed by atoms with Crippen molar-refractivity contribution in [3.8, 4) is 11.4 Å². The average molecular weight is 423 g/mol. The fourth-order valence-electron chi connectivity index (χ4n) is 3.42. The van der Waals surface area contributed by atoms with Gasteiger partial charge in [-0.3, -0.25) is 4.79 Å². The molecule has 0 aliphatic heterocycles. The van der Waals surface area contributed by atoms with Gasteiger partial charge in [0.25, 0.3) is 0 Å². The fourth-order valence-corrected chi connectivity index (χ4v) is 4.24. The molecule has 158 valence electrons. The highest BCUT2D eigenvalue weighted by molar-refractivity contribution is 7.99. The van der Waals surface area contributed by atoms with Gasteiger partial charge in [0.05, 0.1) is 11.8 Å². The quantitative estimate of drug-likeness (QED) is 0.486. The molecule has 5 nitrogen and oxygen atoms in total. The summed E-state index contributed by atoms with van der Waals surface area (Å²) in [7, 11) is 0. The Labute approximate surface area is 183 Å². The fraction of sp³-hybridized carbons (Fsp3) is 0.375. The number of amides is 1. The molecule has 0 radical (unpaired) electrons. The summed E-state index contributed by atoms with van der Waals surface area (Å²) in [6.07, 6.45) is 1.01. The second-order valence-corrected chi connectivity index (χ2v) is 8.53. The topological polar surface area (TPSA) is 59.8 Å². The van der Waals surface area contributed by atoms with Gasteiger partial charge in [-0.2, -0.15) is 0 Å². The molecule has 1 N–H and O–H groups in total. The van der Waals surface area contributed by atoms with Crippen LogP contribution in [0, 0.1) is 5.92 Å². The third-order valence-corrected chi connectivity index (χ3v) is 6.09. The molecule has 1 heterocycles. The van der Waals surface area contributed by atoms with E-state index in [0.717, 1.165) is 35.1 Å². The van der Waals surface area contributed by atoms with Crippen LogP contribution in [0.25, 0.3) is 11.4 Å². The first kappa shape index (κ1) is 22.1. The number of benzene rings is 2. The molecule has 0 aliphatic carbocycles. The van der Waals surface area contributed by atoms with Crippen LogP contribution in [-0.2, 0) is 17.8 Å². The number of thioether (sulfide) groups is 1. The van der Waals surface area contributed by atoms with Crippen molar-refractivity contribution >= 4 is 17.7 Å². The molecule has 0 unspecified atom stereocenters. The van der Waals surface area contributed by atoms with Gasteiger partial charge in [-0.15, -0.1) is 10.2 Å². The second-order valence-electron chi connectivity index (χ2n) is 7.59. The summed E-state index contributed by atoms with van der Waals surface area (Å²) in [5.74, 6) is 1.45. The Kier molecular flexibility index (Phi) is 7.69. The van der Waals surface area contributed by atoms with Crippen LogP contribution in [-0.4, -0.2) is 26.4 Å². The lowest BCUT2D eigenvalue weighted by molar-refractivity contribution is -0.119. The molecule has 3 rings (SSSR count). The molecule has 3 aromatic rings. The monoisotopic (exact) mass is 422 g/mol. The Morgan fingerprint density at radius 2 is 1.73 bits per heavy atom. The minimum Gasteiger partial charge on any atom is -0.348 e. The molecular formula is C24H30N4OS. The molecule has 2 aromatic carbocycles. The van der Waals surface area contributed by atoms with E-state index in [-0.39, 0.29) is 11.9 Å². The Bertz CT molecular complexity index is 951. The van der Waals surface area contributed by atoms with Crippen LogP contribution in [0.4, 0.5) is 0 Å². The van der Waals surface area contributed by atoms with Crippen molar-refractivity contribution in [1.29, 1.82) is 0 Å². The Hall–Kier alpha value is -2.60. The van der Waals surface area contributed by atoms with Gasteiger partial charge >= 0.3 is 0 Å². The number of aryl methyl sites for hydroxylation is 1. The van der Waals surface area contributed by atoms with Gasteiger partial charge in [-0.05, 0) is 30.4 Å². The van der Waals surface area contributed by atoms with Gasteiger partial charge < -0.3 is 9.88 Å². The summed E-state index contributed by atoms with van der Waals surface area (Å²) >= 11 is 1.43. The maximum absolute atomic E-state index is 12.7. The Balaban J connectivity index is 1.66. The van der Waals surface area contributed by atoms with Crippen LogP contribution in [0.1, 0.15) is 44.9 Å². The van der Waals surface area contributed by atoms with E-state index in [1.54, 1.807) is 0 Å². The number of hydrogen-bond acceptors (Lipinski definition) is 4. The van der Waals surface area contributed by atoms with E-state index in [1.807, 2.05) is 30.3 Å². The zero-order chi connectivity index (χ0) is 21.5. The molecule has 0 aliphatic rings. The van der Waals surface area contributed by atoms with Crippen molar-refractivity contribution < 1.29 is 4.79 Å².